The Morgan fingerprint density at radius 1 is 1.08 bits per heavy atom. The molecule has 0 heterocycles. The van der Waals surface area contributed by atoms with E-state index in [9.17, 15) is 9.59 Å². The molecule has 25 heavy (non-hydrogen) atoms. The fourth-order valence-electron chi connectivity index (χ4n) is 1.83. The molecule has 0 spiro atoms. The SMILES string of the molecule is CCCC=C(C)C(=O)OCCOC(=O)CCCCCOC(C)(C)PO. The summed E-state index contributed by atoms with van der Waals surface area (Å²) >= 11 is 0. The monoisotopic (exact) mass is 376 g/mol. The van der Waals surface area contributed by atoms with Gasteiger partial charge in [0.25, 0.3) is 0 Å². The third-order valence-electron chi connectivity index (χ3n) is 3.40. The molecule has 1 N–H and O–H groups in total. The number of allylic oxidation sites excluding steroid dienone is 1. The first kappa shape index (κ1) is 24.0. The summed E-state index contributed by atoms with van der Waals surface area (Å²) in [6.07, 6.45) is 6.43. The van der Waals surface area contributed by atoms with Crippen LogP contribution in [0.5, 0.6) is 0 Å². The van der Waals surface area contributed by atoms with Gasteiger partial charge in [-0.2, -0.15) is 0 Å². The van der Waals surface area contributed by atoms with Gasteiger partial charge in [-0.05, 0) is 40.0 Å². The van der Waals surface area contributed by atoms with Crippen molar-refractivity contribution in [3.8, 4) is 0 Å². The predicted octanol–water partition coefficient (Wildman–Crippen LogP) is 3.72. The van der Waals surface area contributed by atoms with E-state index in [4.69, 9.17) is 19.1 Å². The fourth-order valence-corrected chi connectivity index (χ4v) is 1.99. The first-order valence-corrected chi connectivity index (χ1v) is 9.82. The van der Waals surface area contributed by atoms with Gasteiger partial charge in [-0.1, -0.05) is 25.8 Å². The minimum absolute atomic E-state index is 0.0761. The normalized spacial score (nSPS) is 12.6. The average molecular weight is 376 g/mol. The largest absolute Gasteiger partial charge is 0.462 e. The highest BCUT2D eigenvalue weighted by Crippen LogP contribution is 2.28. The summed E-state index contributed by atoms with van der Waals surface area (Å²) in [7, 11) is -0.248. The lowest BCUT2D eigenvalue weighted by Gasteiger charge is -2.21. The zero-order chi connectivity index (χ0) is 19.1. The van der Waals surface area contributed by atoms with Crippen LogP contribution >= 0.6 is 8.81 Å². The van der Waals surface area contributed by atoms with Gasteiger partial charge in [0.2, 0.25) is 0 Å². The van der Waals surface area contributed by atoms with Crippen molar-refractivity contribution >= 4 is 20.7 Å². The van der Waals surface area contributed by atoms with Crippen molar-refractivity contribution in [3.63, 3.8) is 0 Å². The molecule has 0 fully saturated rings. The lowest BCUT2D eigenvalue weighted by atomic mass is 10.2. The van der Waals surface area contributed by atoms with Crippen molar-refractivity contribution in [2.45, 2.75) is 71.6 Å². The molecule has 0 aromatic rings. The van der Waals surface area contributed by atoms with E-state index in [1.807, 2.05) is 26.8 Å². The molecular weight excluding hydrogens is 343 g/mol. The molecule has 0 aliphatic carbocycles. The highest BCUT2D eigenvalue weighted by Gasteiger charge is 2.16. The van der Waals surface area contributed by atoms with Crippen LogP contribution in [0.15, 0.2) is 11.6 Å². The maximum atomic E-state index is 11.6. The standard InChI is InChI=1S/C18H33O6P/c1-5-6-10-15(2)17(20)23-14-13-22-16(19)11-8-7-9-12-24-18(3,4)25-21/h10,21,25H,5-9,11-14H2,1-4H3. The van der Waals surface area contributed by atoms with Crippen molar-refractivity contribution < 1.29 is 28.7 Å². The smallest absolute Gasteiger partial charge is 0.333 e. The number of carbonyl (C=O) groups excluding carboxylic acids is 2. The Morgan fingerprint density at radius 3 is 2.40 bits per heavy atom. The summed E-state index contributed by atoms with van der Waals surface area (Å²) in [5, 5.41) is -0.486. The van der Waals surface area contributed by atoms with Crippen molar-refractivity contribution in [3.05, 3.63) is 11.6 Å². The van der Waals surface area contributed by atoms with Crippen LogP contribution in [0.1, 0.15) is 66.2 Å². The van der Waals surface area contributed by atoms with Crippen molar-refractivity contribution in [1.29, 1.82) is 0 Å². The number of hydrogen-bond donors (Lipinski definition) is 1. The summed E-state index contributed by atoms with van der Waals surface area (Å²) < 4.78 is 15.6. The van der Waals surface area contributed by atoms with Gasteiger partial charge in [0.05, 0.1) is 0 Å². The van der Waals surface area contributed by atoms with E-state index in [2.05, 4.69) is 0 Å². The minimum Gasteiger partial charge on any atom is -0.462 e. The van der Waals surface area contributed by atoms with Crippen LogP contribution < -0.4 is 0 Å². The van der Waals surface area contributed by atoms with Gasteiger partial charge in [0.15, 0.2) is 0 Å². The van der Waals surface area contributed by atoms with Crippen molar-refractivity contribution in [2.24, 2.45) is 0 Å². The van der Waals surface area contributed by atoms with Crippen LogP contribution in [0, 0.1) is 0 Å². The molecule has 0 aromatic carbocycles. The molecule has 0 saturated heterocycles. The number of ether oxygens (including phenoxy) is 3. The molecule has 0 rings (SSSR count). The Hall–Kier alpha value is -0.970. The van der Waals surface area contributed by atoms with Crippen molar-refractivity contribution in [2.75, 3.05) is 19.8 Å². The Bertz CT molecular complexity index is 420. The highest BCUT2D eigenvalue weighted by molar-refractivity contribution is 7.32. The van der Waals surface area contributed by atoms with Crippen LogP contribution in [-0.4, -0.2) is 42.0 Å². The summed E-state index contributed by atoms with van der Waals surface area (Å²) in [5.74, 6) is -0.650. The van der Waals surface area contributed by atoms with E-state index < -0.39 is 5.34 Å². The van der Waals surface area contributed by atoms with E-state index in [0.717, 1.165) is 32.1 Å². The molecule has 6 nitrogen and oxygen atoms in total. The average Bonchev–Trinajstić information content (AvgIpc) is 2.59. The van der Waals surface area contributed by atoms with Crippen LogP contribution in [0.3, 0.4) is 0 Å². The quantitative estimate of drug-likeness (QED) is 0.215. The molecule has 0 bridgehead atoms. The summed E-state index contributed by atoms with van der Waals surface area (Å²) in [6.45, 7) is 8.17. The molecule has 0 aromatic heterocycles. The zero-order valence-electron chi connectivity index (χ0n) is 15.9. The second-order valence-corrected chi connectivity index (χ2v) is 7.74. The summed E-state index contributed by atoms with van der Waals surface area (Å²) in [6, 6.07) is 0. The maximum absolute atomic E-state index is 11.6. The Labute approximate surface area is 153 Å². The number of carbonyl (C=O) groups is 2. The molecule has 146 valence electrons. The molecule has 1 atom stereocenters. The fraction of sp³-hybridized carbons (Fsp3) is 0.778. The van der Waals surface area contributed by atoms with E-state index in [1.165, 1.54) is 0 Å². The van der Waals surface area contributed by atoms with Crippen LogP contribution in [-0.2, 0) is 23.8 Å². The summed E-state index contributed by atoms with van der Waals surface area (Å²) in [5.41, 5.74) is 0.584. The Balaban J connectivity index is 3.61. The molecule has 0 radical (unpaired) electrons. The van der Waals surface area contributed by atoms with Gasteiger partial charge in [-0.15, -0.1) is 0 Å². The van der Waals surface area contributed by atoms with Gasteiger partial charge in [-0.3, -0.25) is 4.79 Å². The predicted molar refractivity (Wildman–Crippen MR) is 99.6 cm³/mol. The molecule has 0 aliphatic heterocycles. The van der Waals surface area contributed by atoms with Gasteiger partial charge in [-0.25, -0.2) is 4.79 Å². The Morgan fingerprint density at radius 2 is 1.76 bits per heavy atom. The maximum Gasteiger partial charge on any atom is 0.333 e. The van der Waals surface area contributed by atoms with E-state index in [-0.39, 0.29) is 34.0 Å². The molecule has 0 amide bonds. The van der Waals surface area contributed by atoms with Gasteiger partial charge < -0.3 is 19.1 Å². The van der Waals surface area contributed by atoms with Crippen LogP contribution in [0.4, 0.5) is 0 Å². The second-order valence-electron chi connectivity index (χ2n) is 6.31. The number of rotatable bonds is 14. The van der Waals surface area contributed by atoms with Crippen LogP contribution in [0.2, 0.25) is 0 Å². The zero-order valence-corrected chi connectivity index (χ0v) is 16.9. The topological polar surface area (TPSA) is 82.1 Å². The number of hydrogen-bond acceptors (Lipinski definition) is 6. The minimum atomic E-state index is -0.486. The first-order valence-electron chi connectivity index (χ1n) is 8.87. The van der Waals surface area contributed by atoms with Crippen molar-refractivity contribution in [1.82, 2.24) is 0 Å². The second kappa shape index (κ2) is 14.2. The van der Waals surface area contributed by atoms with Crippen LogP contribution in [0.25, 0.3) is 0 Å². The third kappa shape index (κ3) is 13.9. The van der Waals surface area contributed by atoms with Gasteiger partial charge >= 0.3 is 11.9 Å². The van der Waals surface area contributed by atoms with Gasteiger partial charge in [0, 0.05) is 27.4 Å². The third-order valence-corrected chi connectivity index (χ3v) is 4.08. The molecule has 1 unspecified atom stereocenters. The van der Waals surface area contributed by atoms with E-state index in [1.54, 1.807) is 6.92 Å². The molecule has 7 heteroatoms. The number of esters is 2. The highest BCUT2D eigenvalue weighted by atomic mass is 31.1. The summed E-state index contributed by atoms with van der Waals surface area (Å²) in [4.78, 5) is 32.2. The van der Waals surface area contributed by atoms with Gasteiger partial charge in [0.1, 0.15) is 18.6 Å². The molecule has 0 saturated carbocycles. The molecular formula is C18H33O6P. The molecule has 0 aliphatic rings. The Kier molecular flexibility index (Phi) is 13.7. The van der Waals surface area contributed by atoms with E-state index in [0.29, 0.717) is 18.6 Å². The first-order chi connectivity index (χ1) is 11.8. The lowest BCUT2D eigenvalue weighted by molar-refractivity contribution is -0.150. The lowest BCUT2D eigenvalue weighted by Crippen LogP contribution is -2.18. The van der Waals surface area contributed by atoms with E-state index >= 15 is 0 Å². The number of unbranched alkanes of at least 4 members (excludes halogenated alkanes) is 3.